The van der Waals surface area contributed by atoms with Crippen LogP contribution in [0.3, 0.4) is 0 Å². The third kappa shape index (κ3) is 4.72. The van der Waals surface area contributed by atoms with E-state index in [0.29, 0.717) is 36.6 Å². The molecule has 0 aromatic carbocycles. The molecule has 2 heterocycles. The summed E-state index contributed by atoms with van der Waals surface area (Å²) in [6.07, 6.45) is 0. The van der Waals surface area contributed by atoms with Crippen molar-refractivity contribution >= 4 is 44.7 Å². The zero-order chi connectivity index (χ0) is 13.7. The van der Waals surface area contributed by atoms with Gasteiger partial charge in [-0.15, -0.1) is 11.3 Å². The second-order valence-corrected chi connectivity index (χ2v) is 6.01. The molecule has 0 aliphatic rings. The van der Waals surface area contributed by atoms with Gasteiger partial charge in [-0.25, -0.2) is 9.97 Å². The minimum atomic E-state index is 0.371. The molecule has 0 aliphatic carbocycles. The number of thiophene rings is 1. The molecule has 0 saturated carbocycles. The maximum atomic E-state index is 5.96. The van der Waals surface area contributed by atoms with Gasteiger partial charge in [-0.2, -0.15) is 0 Å². The van der Waals surface area contributed by atoms with Gasteiger partial charge in [-0.1, -0.05) is 11.6 Å². The van der Waals surface area contributed by atoms with Gasteiger partial charge in [0.05, 0.1) is 6.54 Å². The third-order valence-electron chi connectivity index (χ3n) is 2.24. The van der Waals surface area contributed by atoms with Gasteiger partial charge in [0.1, 0.15) is 17.6 Å². The molecule has 0 fully saturated rings. The van der Waals surface area contributed by atoms with E-state index in [4.69, 9.17) is 16.3 Å². The standard InChI is InChI=1S/C12H13BrClN3OS/c1-2-18-6-12-16-10(14)4-11(17-12)15-5-9-3-8(13)7-19-9/h3-4,7H,2,5-6H2,1H3,(H,15,16,17). The van der Waals surface area contributed by atoms with Crippen molar-refractivity contribution in [2.45, 2.75) is 20.1 Å². The Hall–Kier alpha value is -0.690. The van der Waals surface area contributed by atoms with Crippen molar-refractivity contribution in [3.63, 3.8) is 0 Å². The fourth-order valence-electron chi connectivity index (χ4n) is 1.44. The first-order valence-corrected chi connectivity index (χ1v) is 7.80. The zero-order valence-corrected chi connectivity index (χ0v) is 13.5. The van der Waals surface area contributed by atoms with Gasteiger partial charge in [-0.3, -0.25) is 0 Å². The summed E-state index contributed by atoms with van der Waals surface area (Å²) in [5.41, 5.74) is 0. The van der Waals surface area contributed by atoms with Crippen LogP contribution in [0.2, 0.25) is 5.15 Å². The van der Waals surface area contributed by atoms with Crippen LogP contribution in [0.1, 0.15) is 17.6 Å². The normalized spacial score (nSPS) is 10.7. The third-order valence-corrected chi connectivity index (χ3v) is 4.13. The predicted molar refractivity (Wildman–Crippen MR) is 81.7 cm³/mol. The minimum Gasteiger partial charge on any atom is -0.374 e. The van der Waals surface area contributed by atoms with E-state index in [1.807, 2.05) is 12.3 Å². The van der Waals surface area contributed by atoms with Crippen LogP contribution in [-0.2, 0) is 17.9 Å². The highest BCUT2D eigenvalue weighted by atomic mass is 79.9. The summed E-state index contributed by atoms with van der Waals surface area (Å²) < 4.78 is 6.37. The number of ether oxygens (including phenoxy) is 1. The van der Waals surface area contributed by atoms with Gasteiger partial charge in [-0.05, 0) is 28.9 Å². The lowest BCUT2D eigenvalue weighted by atomic mass is 10.4. The van der Waals surface area contributed by atoms with Crippen molar-refractivity contribution in [3.8, 4) is 0 Å². The van der Waals surface area contributed by atoms with E-state index in [9.17, 15) is 0 Å². The second-order valence-electron chi connectivity index (χ2n) is 3.71. The van der Waals surface area contributed by atoms with Crippen molar-refractivity contribution in [1.82, 2.24) is 9.97 Å². The van der Waals surface area contributed by atoms with E-state index >= 15 is 0 Å². The molecule has 0 bridgehead atoms. The predicted octanol–water partition coefficient (Wildman–Crippen LogP) is 4.10. The van der Waals surface area contributed by atoms with Crippen LogP contribution in [0.15, 0.2) is 22.0 Å². The lowest BCUT2D eigenvalue weighted by Crippen LogP contribution is -2.05. The summed E-state index contributed by atoms with van der Waals surface area (Å²) in [5, 5.41) is 5.69. The van der Waals surface area contributed by atoms with Gasteiger partial charge in [0, 0.05) is 27.4 Å². The molecule has 19 heavy (non-hydrogen) atoms. The average molecular weight is 363 g/mol. The molecule has 7 heteroatoms. The van der Waals surface area contributed by atoms with Crippen LogP contribution in [0.25, 0.3) is 0 Å². The average Bonchev–Trinajstić information content (AvgIpc) is 2.79. The first-order chi connectivity index (χ1) is 9.17. The maximum Gasteiger partial charge on any atom is 0.158 e. The van der Waals surface area contributed by atoms with Crippen molar-refractivity contribution < 1.29 is 4.74 Å². The Morgan fingerprint density at radius 3 is 2.95 bits per heavy atom. The smallest absolute Gasteiger partial charge is 0.158 e. The van der Waals surface area contributed by atoms with E-state index in [0.717, 1.165) is 4.47 Å². The van der Waals surface area contributed by atoms with Crippen molar-refractivity contribution in [1.29, 1.82) is 0 Å². The molecule has 0 saturated heterocycles. The number of anilines is 1. The lowest BCUT2D eigenvalue weighted by Gasteiger charge is -2.07. The topological polar surface area (TPSA) is 47.0 Å². The number of nitrogens with zero attached hydrogens (tertiary/aromatic N) is 2. The second kappa shape index (κ2) is 7.19. The lowest BCUT2D eigenvalue weighted by molar-refractivity contribution is 0.128. The Labute approximate surface area is 129 Å². The van der Waals surface area contributed by atoms with E-state index in [1.165, 1.54) is 4.88 Å². The number of halogens is 2. The first-order valence-electron chi connectivity index (χ1n) is 5.75. The molecule has 2 aromatic rings. The quantitative estimate of drug-likeness (QED) is 0.786. The van der Waals surface area contributed by atoms with Crippen LogP contribution in [0, 0.1) is 0 Å². The largest absolute Gasteiger partial charge is 0.374 e. The molecular formula is C12H13BrClN3OS. The highest BCUT2D eigenvalue weighted by Crippen LogP contribution is 2.21. The summed E-state index contributed by atoms with van der Waals surface area (Å²) in [5.74, 6) is 1.29. The molecule has 2 aromatic heterocycles. The number of hydrogen-bond acceptors (Lipinski definition) is 5. The molecule has 2 rings (SSSR count). The Morgan fingerprint density at radius 2 is 2.26 bits per heavy atom. The van der Waals surface area contributed by atoms with Crippen molar-refractivity contribution in [2.75, 3.05) is 11.9 Å². The summed E-state index contributed by atoms with van der Waals surface area (Å²) >= 11 is 11.1. The number of nitrogens with one attached hydrogen (secondary N) is 1. The van der Waals surface area contributed by atoms with Gasteiger partial charge in [0.25, 0.3) is 0 Å². The highest BCUT2D eigenvalue weighted by Gasteiger charge is 2.04. The monoisotopic (exact) mass is 361 g/mol. The summed E-state index contributed by atoms with van der Waals surface area (Å²) in [6, 6.07) is 3.78. The van der Waals surface area contributed by atoms with E-state index in [-0.39, 0.29) is 0 Å². The summed E-state index contributed by atoms with van der Waals surface area (Å²) in [4.78, 5) is 9.68. The van der Waals surface area contributed by atoms with Crippen LogP contribution in [-0.4, -0.2) is 16.6 Å². The Bertz CT molecular complexity index is 550. The molecule has 4 nitrogen and oxygen atoms in total. The Balaban J connectivity index is 2.01. The highest BCUT2D eigenvalue weighted by molar-refractivity contribution is 9.10. The van der Waals surface area contributed by atoms with Crippen LogP contribution in [0.5, 0.6) is 0 Å². The molecular weight excluding hydrogens is 350 g/mol. The van der Waals surface area contributed by atoms with Crippen LogP contribution in [0.4, 0.5) is 5.82 Å². The molecule has 0 amide bonds. The Kier molecular flexibility index (Phi) is 5.57. The van der Waals surface area contributed by atoms with E-state index in [2.05, 4.69) is 37.3 Å². The van der Waals surface area contributed by atoms with E-state index in [1.54, 1.807) is 17.4 Å². The number of rotatable bonds is 6. The molecule has 0 unspecified atom stereocenters. The molecule has 0 atom stereocenters. The Morgan fingerprint density at radius 1 is 1.42 bits per heavy atom. The summed E-state index contributed by atoms with van der Waals surface area (Å²) in [6.45, 7) is 3.63. The van der Waals surface area contributed by atoms with Gasteiger partial charge in [0.15, 0.2) is 5.82 Å². The SMILES string of the molecule is CCOCc1nc(Cl)cc(NCc2cc(Br)cs2)n1. The van der Waals surface area contributed by atoms with Gasteiger partial charge < -0.3 is 10.1 Å². The fraction of sp³-hybridized carbons (Fsp3) is 0.333. The van der Waals surface area contributed by atoms with Crippen molar-refractivity contribution in [2.24, 2.45) is 0 Å². The fourth-order valence-corrected chi connectivity index (χ4v) is 3.03. The molecule has 0 spiro atoms. The zero-order valence-electron chi connectivity index (χ0n) is 10.3. The molecule has 0 aliphatic heterocycles. The number of hydrogen-bond donors (Lipinski definition) is 1. The number of aromatic nitrogens is 2. The summed E-state index contributed by atoms with van der Waals surface area (Å²) in [7, 11) is 0. The van der Waals surface area contributed by atoms with Crippen LogP contribution >= 0.6 is 38.9 Å². The minimum absolute atomic E-state index is 0.371. The molecule has 0 radical (unpaired) electrons. The first kappa shape index (κ1) is 14.7. The van der Waals surface area contributed by atoms with Crippen LogP contribution < -0.4 is 5.32 Å². The molecule has 1 N–H and O–H groups in total. The van der Waals surface area contributed by atoms with Gasteiger partial charge >= 0.3 is 0 Å². The molecule has 102 valence electrons. The maximum absolute atomic E-state index is 5.96. The van der Waals surface area contributed by atoms with E-state index < -0.39 is 0 Å². The van der Waals surface area contributed by atoms with Crippen molar-refractivity contribution in [3.05, 3.63) is 37.8 Å². The van der Waals surface area contributed by atoms with Gasteiger partial charge in [0.2, 0.25) is 0 Å².